The van der Waals surface area contributed by atoms with Gasteiger partial charge in [-0.1, -0.05) is 0 Å². The van der Waals surface area contributed by atoms with E-state index < -0.39 is 11.6 Å². The van der Waals surface area contributed by atoms with Gasteiger partial charge in [-0.15, -0.1) is 0 Å². The zero-order valence-electron chi connectivity index (χ0n) is 9.54. The zero-order valence-corrected chi connectivity index (χ0v) is 9.54. The van der Waals surface area contributed by atoms with E-state index in [0.717, 1.165) is 12.1 Å². The van der Waals surface area contributed by atoms with Gasteiger partial charge in [-0.25, -0.2) is 13.8 Å². The van der Waals surface area contributed by atoms with Crippen LogP contribution < -0.4 is 5.56 Å². The highest BCUT2D eigenvalue weighted by molar-refractivity contribution is 5.54. The third-order valence-electron chi connectivity index (χ3n) is 2.28. The highest BCUT2D eigenvalue weighted by Gasteiger charge is 2.08. The van der Waals surface area contributed by atoms with Crippen molar-refractivity contribution in [1.82, 2.24) is 9.97 Å². The molecule has 0 amide bonds. The van der Waals surface area contributed by atoms with Crippen LogP contribution in [0.25, 0.3) is 11.4 Å². The first kappa shape index (κ1) is 12.4. The van der Waals surface area contributed by atoms with Gasteiger partial charge in [-0.3, -0.25) is 4.79 Å². The molecule has 0 aliphatic heterocycles. The summed E-state index contributed by atoms with van der Waals surface area (Å²) in [6, 6.07) is 4.58. The van der Waals surface area contributed by atoms with Crippen LogP contribution in [0.3, 0.4) is 0 Å². The summed E-state index contributed by atoms with van der Waals surface area (Å²) >= 11 is 0. The molecule has 0 atom stereocenters. The Hall–Kier alpha value is -2.08. The molecule has 0 bridgehead atoms. The van der Waals surface area contributed by atoms with Gasteiger partial charge in [0.1, 0.15) is 5.82 Å². The molecule has 2 rings (SSSR count). The minimum Gasteiger partial charge on any atom is -0.378 e. The molecule has 0 unspecified atom stereocenters. The van der Waals surface area contributed by atoms with Gasteiger partial charge in [0.25, 0.3) is 5.56 Å². The summed E-state index contributed by atoms with van der Waals surface area (Å²) in [6.07, 6.45) is 0. The predicted octanol–water partition coefficient (Wildman–Crippen LogP) is 1.86. The number of benzene rings is 1. The van der Waals surface area contributed by atoms with E-state index in [-0.39, 0.29) is 18.0 Å². The van der Waals surface area contributed by atoms with Crippen LogP contribution in [-0.4, -0.2) is 17.1 Å². The number of hydrogen-bond acceptors (Lipinski definition) is 3. The molecule has 1 N–H and O–H groups in total. The fraction of sp³-hybridized carbons (Fsp3) is 0.167. The molecule has 0 saturated heterocycles. The average Bonchev–Trinajstić information content (AvgIpc) is 2.32. The smallest absolute Gasteiger partial charge is 0.251 e. The summed E-state index contributed by atoms with van der Waals surface area (Å²) in [7, 11) is 1.47. The summed E-state index contributed by atoms with van der Waals surface area (Å²) in [4.78, 5) is 17.9. The molecule has 0 aliphatic rings. The fourth-order valence-electron chi connectivity index (χ4n) is 1.51. The van der Waals surface area contributed by atoms with Crippen LogP contribution in [0, 0.1) is 11.6 Å². The second kappa shape index (κ2) is 5.05. The standard InChI is InChI=1S/C12H10F2N2O2/c1-18-6-8-5-11(17)16-12(15-8)7-2-3-9(13)10(14)4-7/h2-5H,6H2,1H3,(H,15,16,17). The van der Waals surface area contributed by atoms with Crippen LogP contribution in [0.2, 0.25) is 0 Å². The lowest BCUT2D eigenvalue weighted by Crippen LogP contribution is -2.11. The summed E-state index contributed by atoms with van der Waals surface area (Å²) in [5, 5.41) is 0. The zero-order chi connectivity index (χ0) is 13.1. The third kappa shape index (κ3) is 2.60. The van der Waals surface area contributed by atoms with E-state index in [1.54, 1.807) is 0 Å². The molecule has 1 aromatic heterocycles. The van der Waals surface area contributed by atoms with Crippen molar-refractivity contribution in [2.45, 2.75) is 6.61 Å². The van der Waals surface area contributed by atoms with Crippen LogP contribution in [0.15, 0.2) is 29.1 Å². The Morgan fingerprint density at radius 2 is 2.06 bits per heavy atom. The normalized spacial score (nSPS) is 10.6. The molecule has 0 aliphatic carbocycles. The number of H-pyrrole nitrogens is 1. The highest BCUT2D eigenvalue weighted by Crippen LogP contribution is 2.17. The van der Waals surface area contributed by atoms with Crippen LogP contribution in [0.1, 0.15) is 5.69 Å². The molecule has 0 fully saturated rings. The Kier molecular flexibility index (Phi) is 3.47. The predicted molar refractivity (Wildman–Crippen MR) is 60.9 cm³/mol. The molecule has 0 saturated carbocycles. The van der Waals surface area contributed by atoms with E-state index >= 15 is 0 Å². The number of hydrogen-bond donors (Lipinski definition) is 1. The summed E-state index contributed by atoms with van der Waals surface area (Å²) in [6.45, 7) is 0.167. The number of nitrogens with zero attached hydrogens (tertiary/aromatic N) is 1. The molecule has 6 heteroatoms. The van der Waals surface area contributed by atoms with Gasteiger partial charge in [-0.05, 0) is 18.2 Å². The molecular weight excluding hydrogens is 242 g/mol. The first-order valence-corrected chi connectivity index (χ1v) is 5.15. The van der Waals surface area contributed by atoms with Crippen molar-refractivity contribution in [2.75, 3.05) is 7.11 Å². The Morgan fingerprint density at radius 1 is 1.28 bits per heavy atom. The van der Waals surface area contributed by atoms with Crippen molar-refractivity contribution in [3.05, 3.63) is 51.9 Å². The minimum atomic E-state index is -0.993. The van der Waals surface area contributed by atoms with Gasteiger partial charge >= 0.3 is 0 Å². The van der Waals surface area contributed by atoms with E-state index in [2.05, 4.69) is 9.97 Å². The molecule has 0 spiro atoms. The van der Waals surface area contributed by atoms with E-state index in [1.807, 2.05) is 0 Å². The van der Waals surface area contributed by atoms with Gasteiger partial charge in [-0.2, -0.15) is 0 Å². The number of rotatable bonds is 3. The molecule has 94 valence electrons. The van der Waals surface area contributed by atoms with E-state index in [0.29, 0.717) is 11.3 Å². The lowest BCUT2D eigenvalue weighted by Gasteiger charge is -2.04. The van der Waals surface area contributed by atoms with Crippen molar-refractivity contribution in [3.8, 4) is 11.4 Å². The number of aromatic nitrogens is 2. The lowest BCUT2D eigenvalue weighted by atomic mass is 10.2. The minimum absolute atomic E-state index is 0.167. The van der Waals surface area contributed by atoms with Gasteiger partial charge < -0.3 is 9.72 Å². The number of halogens is 2. The average molecular weight is 252 g/mol. The Morgan fingerprint density at radius 3 is 2.72 bits per heavy atom. The number of ether oxygens (including phenoxy) is 1. The molecule has 1 aromatic carbocycles. The van der Waals surface area contributed by atoms with E-state index in [4.69, 9.17) is 4.74 Å². The van der Waals surface area contributed by atoms with Crippen LogP contribution >= 0.6 is 0 Å². The second-order valence-electron chi connectivity index (χ2n) is 3.65. The Balaban J connectivity index is 2.49. The van der Waals surface area contributed by atoms with Gasteiger partial charge in [0.2, 0.25) is 0 Å². The number of methoxy groups -OCH3 is 1. The van der Waals surface area contributed by atoms with Crippen molar-refractivity contribution in [2.24, 2.45) is 0 Å². The maximum absolute atomic E-state index is 13.1. The van der Waals surface area contributed by atoms with Gasteiger partial charge in [0, 0.05) is 18.7 Å². The molecular formula is C12H10F2N2O2. The van der Waals surface area contributed by atoms with Crippen molar-refractivity contribution < 1.29 is 13.5 Å². The van der Waals surface area contributed by atoms with Gasteiger partial charge in [0.05, 0.1) is 12.3 Å². The fourth-order valence-corrected chi connectivity index (χ4v) is 1.51. The Bertz CT molecular complexity index is 626. The Labute approximate surface area is 101 Å². The van der Waals surface area contributed by atoms with Gasteiger partial charge in [0.15, 0.2) is 11.6 Å². The highest BCUT2D eigenvalue weighted by atomic mass is 19.2. The van der Waals surface area contributed by atoms with Crippen LogP contribution in [-0.2, 0) is 11.3 Å². The SMILES string of the molecule is COCc1cc(=O)[nH]c(-c2ccc(F)c(F)c2)n1. The molecule has 4 nitrogen and oxygen atoms in total. The summed E-state index contributed by atoms with van der Waals surface area (Å²) < 4.78 is 30.8. The first-order valence-electron chi connectivity index (χ1n) is 5.15. The molecule has 0 radical (unpaired) electrons. The lowest BCUT2D eigenvalue weighted by molar-refractivity contribution is 0.181. The number of aromatic amines is 1. The maximum Gasteiger partial charge on any atom is 0.251 e. The monoisotopic (exact) mass is 252 g/mol. The van der Waals surface area contributed by atoms with E-state index in [9.17, 15) is 13.6 Å². The van der Waals surface area contributed by atoms with Crippen LogP contribution in [0.5, 0.6) is 0 Å². The van der Waals surface area contributed by atoms with Crippen molar-refractivity contribution in [1.29, 1.82) is 0 Å². The topological polar surface area (TPSA) is 55.0 Å². The first-order chi connectivity index (χ1) is 8.60. The summed E-state index contributed by atoms with van der Waals surface area (Å²) in [5.74, 6) is -1.77. The summed E-state index contributed by atoms with van der Waals surface area (Å²) in [5.41, 5.74) is 0.335. The molecule has 2 aromatic rings. The quantitative estimate of drug-likeness (QED) is 0.907. The molecule has 18 heavy (non-hydrogen) atoms. The number of nitrogens with one attached hydrogen (secondary N) is 1. The third-order valence-corrected chi connectivity index (χ3v) is 2.28. The van der Waals surface area contributed by atoms with Crippen LogP contribution in [0.4, 0.5) is 8.78 Å². The van der Waals surface area contributed by atoms with Crippen molar-refractivity contribution >= 4 is 0 Å². The van der Waals surface area contributed by atoms with Crippen molar-refractivity contribution in [3.63, 3.8) is 0 Å². The maximum atomic E-state index is 13.1. The van der Waals surface area contributed by atoms with E-state index in [1.165, 1.54) is 19.2 Å². The molecule has 1 heterocycles. The second-order valence-corrected chi connectivity index (χ2v) is 3.65. The largest absolute Gasteiger partial charge is 0.378 e.